The fraction of sp³-hybridized carbons (Fsp3) is 0.167. The zero-order valence-electron chi connectivity index (χ0n) is 13.9. The lowest BCUT2D eigenvalue weighted by Gasteiger charge is -2.28. The molecule has 0 atom stereocenters. The van der Waals surface area contributed by atoms with E-state index in [0.29, 0.717) is 18.0 Å². The molecule has 0 spiro atoms. The molecule has 1 aliphatic heterocycles. The summed E-state index contributed by atoms with van der Waals surface area (Å²) in [6.45, 7) is 0.311. The molecular formula is C18H18N4O3S. The number of thioether (sulfide) groups is 1. The summed E-state index contributed by atoms with van der Waals surface area (Å²) < 4.78 is 0. The van der Waals surface area contributed by atoms with Crippen molar-refractivity contribution in [3.63, 3.8) is 0 Å². The van der Waals surface area contributed by atoms with Gasteiger partial charge in [0.15, 0.2) is 0 Å². The molecule has 1 aliphatic rings. The predicted octanol–water partition coefficient (Wildman–Crippen LogP) is 1.93. The van der Waals surface area contributed by atoms with Gasteiger partial charge in [-0.05, 0) is 29.8 Å². The molecule has 4 N–H and O–H groups in total. The van der Waals surface area contributed by atoms with Gasteiger partial charge in [0.25, 0.3) is 0 Å². The van der Waals surface area contributed by atoms with Crippen molar-refractivity contribution < 1.29 is 14.4 Å². The molecular weight excluding hydrogens is 352 g/mol. The van der Waals surface area contributed by atoms with E-state index in [1.807, 2.05) is 24.3 Å². The van der Waals surface area contributed by atoms with Gasteiger partial charge in [-0.15, -0.1) is 11.8 Å². The van der Waals surface area contributed by atoms with Crippen LogP contribution >= 0.6 is 11.8 Å². The number of carbonyl (C=O) groups is 3. The fourth-order valence-corrected chi connectivity index (χ4v) is 3.51. The van der Waals surface area contributed by atoms with Crippen molar-refractivity contribution in [3.8, 4) is 0 Å². The summed E-state index contributed by atoms with van der Waals surface area (Å²) >= 11 is 1.48. The quantitative estimate of drug-likeness (QED) is 0.748. The van der Waals surface area contributed by atoms with E-state index in [-0.39, 0.29) is 18.4 Å². The van der Waals surface area contributed by atoms with Crippen LogP contribution in [0.15, 0.2) is 53.4 Å². The zero-order chi connectivity index (χ0) is 18.5. The number of carbonyl (C=O) groups excluding carboxylic acids is 3. The van der Waals surface area contributed by atoms with Gasteiger partial charge in [-0.25, -0.2) is 4.79 Å². The first-order chi connectivity index (χ1) is 12.5. The van der Waals surface area contributed by atoms with Crippen LogP contribution in [0.4, 0.5) is 16.2 Å². The van der Waals surface area contributed by atoms with Crippen LogP contribution in [-0.4, -0.2) is 30.1 Å². The molecule has 0 fully saturated rings. The number of rotatable bonds is 5. The second-order valence-corrected chi connectivity index (χ2v) is 6.72. The molecule has 0 bridgehead atoms. The summed E-state index contributed by atoms with van der Waals surface area (Å²) in [4.78, 5) is 37.7. The van der Waals surface area contributed by atoms with Crippen molar-refractivity contribution in [2.24, 2.45) is 5.73 Å². The molecule has 1 heterocycles. The molecule has 3 rings (SSSR count). The summed E-state index contributed by atoms with van der Waals surface area (Å²) in [5.74, 6) is 0.0173. The highest BCUT2D eigenvalue weighted by Gasteiger charge is 2.25. The van der Waals surface area contributed by atoms with E-state index in [1.165, 1.54) is 16.7 Å². The predicted molar refractivity (Wildman–Crippen MR) is 101 cm³/mol. The molecule has 0 unspecified atom stereocenters. The summed E-state index contributed by atoms with van der Waals surface area (Å²) in [6.07, 6.45) is 0. The van der Waals surface area contributed by atoms with Crippen LogP contribution in [-0.2, 0) is 16.1 Å². The number of benzene rings is 2. The van der Waals surface area contributed by atoms with E-state index in [2.05, 4.69) is 10.6 Å². The van der Waals surface area contributed by atoms with Gasteiger partial charge in [-0.1, -0.05) is 24.3 Å². The van der Waals surface area contributed by atoms with E-state index in [9.17, 15) is 14.4 Å². The summed E-state index contributed by atoms with van der Waals surface area (Å²) in [7, 11) is 0. The van der Waals surface area contributed by atoms with Gasteiger partial charge < -0.3 is 21.3 Å². The minimum absolute atomic E-state index is 0.0161. The molecule has 0 aromatic heterocycles. The molecule has 8 heteroatoms. The standard InChI is InChI=1S/C18H18N4O3S/c19-18(25)21-13-7-5-12(6-8-13)9-20-16(23)10-22-14-3-1-2-4-15(14)26-11-17(22)24/h1-8H,9-11H2,(H,20,23)(H3,19,21,25). The van der Waals surface area contributed by atoms with Crippen molar-refractivity contribution in [1.82, 2.24) is 5.32 Å². The monoisotopic (exact) mass is 370 g/mol. The number of nitrogens with two attached hydrogens (primary N) is 1. The average Bonchev–Trinajstić information content (AvgIpc) is 2.63. The largest absolute Gasteiger partial charge is 0.351 e. The molecule has 0 aliphatic carbocycles. The van der Waals surface area contributed by atoms with Crippen molar-refractivity contribution in [1.29, 1.82) is 0 Å². The van der Waals surface area contributed by atoms with Crippen LogP contribution in [0.3, 0.4) is 0 Å². The number of nitrogens with zero attached hydrogens (tertiary/aromatic N) is 1. The first-order valence-electron chi connectivity index (χ1n) is 7.97. The maximum Gasteiger partial charge on any atom is 0.316 e. The number of nitrogens with one attached hydrogen (secondary N) is 2. The molecule has 0 saturated heterocycles. The summed E-state index contributed by atoms with van der Waals surface area (Å²) in [6, 6.07) is 13.9. The third-order valence-corrected chi connectivity index (χ3v) is 4.87. The van der Waals surface area contributed by atoms with Crippen molar-refractivity contribution in [2.45, 2.75) is 11.4 Å². The molecule has 4 amide bonds. The fourth-order valence-electron chi connectivity index (χ4n) is 2.58. The van der Waals surface area contributed by atoms with Gasteiger partial charge in [0, 0.05) is 17.1 Å². The van der Waals surface area contributed by atoms with E-state index < -0.39 is 6.03 Å². The van der Waals surface area contributed by atoms with Crippen LogP contribution in [0.5, 0.6) is 0 Å². The van der Waals surface area contributed by atoms with Gasteiger partial charge in [-0.3, -0.25) is 9.59 Å². The van der Waals surface area contributed by atoms with Crippen molar-refractivity contribution in [2.75, 3.05) is 22.5 Å². The molecule has 26 heavy (non-hydrogen) atoms. The highest BCUT2D eigenvalue weighted by Crippen LogP contribution is 2.34. The van der Waals surface area contributed by atoms with E-state index >= 15 is 0 Å². The Labute approximate surface area is 154 Å². The van der Waals surface area contributed by atoms with Crippen LogP contribution in [0.1, 0.15) is 5.56 Å². The maximum absolute atomic E-state index is 12.3. The molecule has 2 aromatic carbocycles. The van der Waals surface area contributed by atoms with Gasteiger partial charge in [0.05, 0.1) is 11.4 Å². The van der Waals surface area contributed by atoms with Gasteiger partial charge in [-0.2, -0.15) is 0 Å². The Balaban J connectivity index is 1.57. The number of para-hydroxylation sites is 1. The zero-order valence-corrected chi connectivity index (χ0v) is 14.7. The van der Waals surface area contributed by atoms with Gasteiger partial charge in [0.2, 0.25) is 11.8 Å². The Morgan fingerprint density at radius 3 is 2.58 bits per heavy atom. The number of urea groups is 1. The third-order valence-electron chi connectivity index (χ3n) is 3.82. The summed E-state index contributed by atoms with van der Waals surface area (Å²) in [5, 5.41) is 5.28. The summed E-state index contributed by atoms with van der Waals surface area (Å²) in [5.41, 5.74) is 7.28. The SMILES string of the molecule is NC(=O)Nc1ccc(CNC(=O)CN2C(=O)CSc3ccccc32)cc1. The number of primary amides is 1. The molecule has 7 nitrogen and oxygen atoms in total. The van der Waals surface area contributed by atoms with E-state index in [1.54, 1.807) is 24.3 Å². The lowest BCUT2D eigenvalue weighted by Crippen LogP contribution is -2.43. The lowest BCUT2D eigenvalue weighted by molar-refractivity contribution is -0.123. The van der Waals surface area contributed by atoms with Crippen LogP contribution in [0.2, 0.25) is 0 Å². The average molecular weight is 370 g/mol. The minimum Gasteiger partial charge on any atom is -0.351 e. The van der Waals surface area contributed by atoms with E-state index in [4.69, 9.17) is 5.73 Å². The van der Waals surface area contributed by atoms with Crippen LogP contribution in [0, 0.1) is 0 Å². The number of hydrogen-bond acceptors (Lipinski definition) is 4. The topological polar surface area (TPSA) is 105 Å². The lowest BCUT2D eigenvalue weighted by atomic mass is 10.2. The Hall–Kier alpha value is -3.00. The van der Waals surface area contributed by atoms with Crippen LogP contribution < -0.4 is 21.3 Å². The Morgan fingerprint density at radius 2 is 1.85 bits per heavy atom. The number of fused-ring (bicyclic) bond motifs is 1. The second-order valence-electron chi connectivity index (χ2n) is 5.70. The molecule has 134 valence electrons. The van der Waals surface area contributed by atoms with Gasteiger partial charge in [0.1, 0.15) is 6.54 Å². The smallest absolute Gasteiger partial charge is 0.316 e. The first kappa shape index (κ1) is 17.8. The third kappa shape index (κ3) is 4.34. The second kappa shape index (κ2) is 7.92. The first-order valence-corrected chi connectivity index (χ1v) is 8.96. The molecule has 0 saturated carbocycles. The number of hydrogen-bond donors (Lipinski definition) is 3. The molecule has 2 aromatic rings. The number of amides is 4. The Bertz CT molecular complexity index is 839. The van der Waals surface area contributed by atoms with Crippen LogP contribution in [0.25, 0.3) is 0 Å². The van der Waals surface area contributed by atoms with Crippen molar-refractivity contribution in [3.05, 3.63) is 54.1 Å². The minimum atomic E-state index is -0.629. The maximum atomic E-state index is 12.3. The molecule has 0 radical (unpaired) electrons. The van der Waals surface area contributed by atoms with E-state index in [0.717, 1.165) is 16.1 Å². The highest BCUT2D eigenvalue weighted by atomic mass is 32.2. The highest BCUT2D eigenvalue weighted by molar-refractivity contribution is 8.00. The Kier molecular flexibility index (Phi) is 5.43. The Morgan fingerprint density at radius 1 is 1.12 bits per heavy atom. The van der Waals surface area contributed by atoms with Gasteiger partial charge >= 0.3 is 6.03 Å². The number of anilines is 2. The van der Waals surface area contributed by atoms with Crippen molar-refractivity contribution >= 4 is 41.0 Å². The normalized spacial score (nSPS) is 13.1.